The maximum atomic E-state index is 10.4. The molecule has 0 radical (unpaired) electrons. The summed E-state index contributed by atoms with van der Waals surface area (Å²) in [6.45, 7) is -0.674. The molecule has 9 nitrogen and oxygen atoms in total. The summed E-state index contributed by atoms with van der Waals surface area (Å²) in [5.74, 6) is 0. The van der Waals surface area contributed by atoms with Gasteiger partial charge < -0.3 is 35.6 Å². The zero-order valence-corrected chi connectivity index (χ0v) is 8.97. The Hall–Kier alpha value is -0.0900. The molecule has 1 heterocycles. The molecule has 5 atom stereocenters. The van der Waals surface area contributed by atoms with Crippen molar-refractivity contribution in [3.05, 3.63) is 0 Å². The van der Waals surface area contributed by atoms with E-state index in [0.717, 1.165) is 0 Å². The molecule has 0 aromatic rings. The van der Waals surface area contributed by atoms with Crippen LogP contribution in [-0.4, -0.2) is 62.4 Å². The van der Waals surface area contributed by atoms with E-state index in [-0.39, 0.29) is 0 Å². The molecule has 0 aromatic carbocycles. The van der Waals surface area contributed by atoms with Gasteiger partial charge in [-0.3, -0.25) is 4.52 Å². The first-order valence-electron chi connectivity index (χ1n) is 4.37. The number of phosphoric acid groups is 1. The second kappa shape index (κ2) is 5.05. The summed E-state index contributed by atoms with van der Waals surface area (Å²) >= 11 is 0. The predicted octanol–water partition coefficient (Wildman–Crippen LogP) is -3.14. The lowest BCUT2D eigenvalue weighted by Crippen LogP contribution is -2.61. The fourth-order valence-corrected chi connectivity index (χ4v) is 1.62. The van der Waals surface area contributed by atoms with Gasteiger partial charge in [0.05, 0.1) is 12.6 Å². The van der Waals surface area contributed by atoms with Gasteiger partial charge in [-0.25, -0.2) is 4.57 Å². The van der Waals surface area contributed by atoms with Gasteiger partial charge in [0, 0.05) is 0 Å². The Bertz CT molecular complexity index is 282. The van der Waals surface area contributed by atoms with E-state index in [0.29, 0.717) is 0 Å². The molecule has 2 unspecified atom stereocenters. The monoisotopic (exact) mass is 259 g/mol. The van der Waals surface area contributed by atoms with Gasteiger partial charge in [0.25, 0.3) is 0 Å². The highest BCUT2D eigenvalue weighted by atomic mass is 31.2. The van der Waals surface area contributed by atoms with Crippen LogP contribution in [0.5, 0.6) is 0 Å². The van der Waals surface area contributed by atoms with Crippen molar-refractivity contribution in [2.75, 3.05) is 6.61 Å². The summed E-state index contributed by atoms with van der Waals surface area (Å²) in [6.07, 6.45) is -5.76. The van der Waals surface area contributed by atoms with Crippen LogP contribution in [0.4, 0.5) is 0 Å². The maximum absolute atomic E-state index is 10.4. The van der Waals surface area contributed by atoms with E-state index in [1.807, 2.05) is 0 Å². The van der Waals surface area contributed by atoms with Crippen molar-refractivity contribution in [2.24, 2.45) is 5.73 Å². The first-order chi connectivity index (χ1) is 7.22. The molecule has 0 bridgehead atoms. The van der Waals surface area contributed by atoms with Gasteiger partial charge in [0.2, 0.25) is 0 Å². The van der Waals surface area contributed by atoms with Crippen LogP contribution < -0.4 is 5.73 Å². The van der Waals surface area contributed by atoms with E-state index < -0.39 is 45.1 Å². The van der Waals surface area contributed by atoms with Gasteiger partial charge in [-0.1, -0.05) is 0 Å². The first kappa shape index (κ1) is 14.0. The molecule has 10 heteroatoms. The molecule has 0 saturated carbocycles. The average Bonchev–Trinajstić information content (AvgIpc) is 2.17. The van der Waals surface area contributed by atoms with Gasteiger partial charge in [-0.05, 0) is 0 Å². The Morgan fingerprint density at radius 1 is 1.25 bits per heavy atom. The minimum atomic E-state index is -4.70. The van der Waals surface area contributed by atoms with Gasteiger partial charge in [-0.2, -0.15) is 0 Å². The SMILES string of the molecule is NC1[C@H](O)OC(COP(=O)(O)O)[C@@H](O)[C@@H]1O. The number of phosphoric ester groups is 1. The van der Waals surface area contributed by atoms with Crippen LogP contribution in [-0.2, 0) is 13.8 Å². The number of hydrogen-bond acceptors (Lipinski definition) is 7. The summed E-state index contributed by atoms with van der Waals surface area (Å²) in [5, 5.41) is 28.0. The smallest absolute Gasteiger partial charge is 0.388 e. The van der Waals surface area contributed by atoms with E-state index in [1.165, 1.54) is 0 Å². The highest BCUT2D eigenvalue weighted by Crippen LogP contribution is 2.36. The zero-order chi connectivity index (χ0) is 12.5. The quantitative estimate of drug-likeness (QED) is 0.287. The molecule has 7 N–H and O–H groups in total. The van der Waals surface area contributed by atoms with Gasteiger partial charge in [0.15, 0.2) is 6.29 Å². The summed E-state index contributed by atoms with van der Waals surface area (Å²) in [5.41, 5.74) is 5.28. The molecule has 0 aromatic heterocycles. The Balaban J connectivity index is 2.57. The van der Waals surface area contributed by atoms with Crippen LogP contribution in [0.15, 0.2) is 0 Å². The molecular weight excluding hydrogens is 245 g/mol. The lowest BCUT2D eigenvalue weighted by molar-refractivity contribution is -0.247. The molecule has 16 heavy (non-hydrogen) atoms. The first-order valence-corrected chi connectivity index (χ1v) is 5.91. The van der Waals surface area contributed by atoms with Crippen molar-refractivity contribution in [2.45, 2.75) is 30.6 Å². The predicted molar refractivity (Wildman–Crippen MR) is 48.9 cm³/mol. The van der Waals surface area contributed by atoms with Gasteiger partial charge >= 0.3 is 7.82 Å². The zero-order valence-electron chi connectivity index (χ0n) is 8.08. The number of ether oxygens (including phenoxy) is 1. The van der Waals surface area contributed by atoms with Crippen molar-refractivity contribution >= 4 is 7.82 Å². The number of aliphatic hydroxyl groups is 3. The molecule has 0 aliphatic carbocycles. The van der Waals surface area contributed by atoms with E-state index >= 15 is 0 Å². The molecule has 1 saturated heterocycles. The highest BCUT2D eigenvalue weighted by molar-refractivity contribution is 7.46. The standard InChI is InChI=1S/C6H14NO8P/c7-3-5(9)4(8)2(15-6(3)10)1-14-16(11,12)13/h2-6,8-10H,1,7H2,(H2,11,12,13)/t2?,3?,4-,5-,6-/m1/s1. The number of nitrogens with two attached hydrogens (primary N) is 1. The normalized spacial score (nSPS) is 41.0. The topological polar surface area (TPSA) is 163 Å². The minimum absolute atomic E-state index is 0.674. The molecule has 1 aliphatic rings. The maximum Gasteiger partial charge on any atom is 0.469 e. The molecule has 1 fully saturated rings. The number of rotatable bonds is 3. The molecule has 0 spiro atoms. The Morgan fingerprint density at radius 2 is 1.81 bits per heavy atom. The third kappa shape index (κ3) is 3.45. The summed E-state index contributed by atoms with van der Waals surface area (Å²) in [4.78, 5) is 16.8. The molecule has 0 amide bonds. The van der Waals surface area contributed by atoms with Crippen LogP contribution >= 0.6 is 7.82 Å². The Labute approximate surface area is 90.6 Å². The lowest BCUT2D eigenvalue weighted by Gasteiger charge is -2.38. The van der Waals surface area contributed by atoms with Crippen molar-refractivity contribution in [1.29, 1.82) is 0 Å². The summed E-state index contributed by atoms with van der Waals surface area (Å²) < 4.78 is 19.2. The average molecular weight is 259 g/mol. The molecule has 96 valence electrons. The van der Waals surface area contributed by atoms with Gasteiger partial charge in [0.1, 0.15) is 18.3 Å². The van der Waals surface area contributed by atoms with Crippen LogP contribution in [0, 0.1) is 0 Å². The van der Waals surface area contributed by atoms with Crippen molar-refractivity contribution in [1.82, 2.24) is 0 Å². The van der Waals surface area contributed by atoms with Crippen LogP contribution in [0.2, 0.25) is 0 Å². The van der Waals surface area contributed by atoms with E-state index in [9.17, 15) is 19.9 Å². The van der Waals surface area contributed by atoms with Crippen molar-refractivity contribution in [3.8, 4) is 0 Å². The summed E-state index contributed by atoms with van der Waals surface area (Å²) in [7, 11) is -4.70. The van der Waals surface area contributed by atoms with E-state index in [2.05, 4.69) is 4.52 Å². The van der Waals surface area contributed by atoms with Crippen LogP contribution in [0.3, 0.4) is 0 Å². The molecule has 1 rings (SSSR count). The lowest BCUT2D eigenvalue weighted by atomic mass is 9.98. The van der Waals surface area contributed by atoms with Crippen molar-refractivity contribution < 1.29 is 38.9 Å². The number of hydrogen-bond donors (Lipinski definition) is 6. The van der Waals surface area contributed by atoms with Crippen LogP contribution in [0.1, 0.15) is 0 Å². The van der Waals surface area contributed by atoms with Gasteiger partial charge in [-0.15, -0.1) is 0 Å². The third-order valence-corrected chi connectivity index (χ3v) is 2.66. The van der Waals surface area contributed by atoms with E-state index in [4.69, 9.17) is 20.3 Å². The second-order valence-electron chi connectivity index (χ2n) is 3.41. The minimum Gasteiger partial charge on any atom is -0.388 e. The highest BCUT2D eigenvalue weighted by Gasteiger charge is 2.42. The molecule has 1 aliphatic heterocycles. The number of aliphatic hydroxyl groups excluding tert-OH is 3. The van der Waals surface area contributed by atoms with E-state index in [1.54, 1.807) is 0 Å². The summed E-state index contributed by atoms with van der Waals surface area (Å²) in [6, 6.07) is -1.19. The van der Waals surface area contributed by atoms with Crippen LogP contribution in [0.25, 0.3) is 0 Å². The van der Waals surface area contributed by atoms with Crippen molar-refractivity contribution in [3.63, 3.8) is 0 Å². The fraction of sp³-hybridized carbons (Fsp3) is 1.00. The Kier molecular flexibility index (Phi) is 4.41. The third-order valence-electron chi connectivity index (χ3n) is 2.18. The fourth-order valence-electron chi connectivity index (χ4n) is 1.28. The second-order valence-corrected chi connectivity index (χ2v) is 4.65. The largest absolute Gasteiger partial charge is 0.469 e. The Morgan fingerprint density at radius 3 is 2.31 bits per heavy atom. The molecular formula is C6H14NO8P.